The molecule has 0 radical (unpaired) electrons. The number of aromatic nitrogens is 3. The van der Waals surface area contributed by atoms with Crippen molar-refractivity contribution in [2.75, 3.05) is 36.4 Å². The second kappa shape index (κ2) is 9.68. The van der Waals surface area contributed by atoms with Crippen molar-refractivity contribution in [1.82, 2.24) is 20.0 Å². The number of nitrogens with one attached hydrogen (secondary N) is 1. The zero-order chi connectivity index (χ0) is 24.4. The van der Waals surface area contributed by atoms with Crippen LogP contribution in [0.2, 0.25) is 0 Å². The molecule has 3 heterocycles. The fourth-order valence-corrected chi connectivity index (χ4v) is 4.79. The van der Waals surface area contributed by atoms with Gasteiger partial charge in [-0.3, -0.25) is 0 Å². The van der Waals surface area contributed by atoms with Gasteiger partial charge in [-0.1, -0.05) is 50.9 Å². The summed E-state index contributed by atoms with van der Waals surface area (Å²) in [4.78, 5) is 26.0. The van der Waals surface area contributed by atoms with Gasteiger partial charge >= 0.3 is 6.03 Å². The van der Waals surface area contributed by atoms with Crippen LogP contribution in [-0.2, 0) is 5.41 Å². The van der Waals surface area contributed by atoms with E-state index < -0.39 is 0 Å². The first kappa shape index (κ1) is 23.3. The van der Waals surface area contributed by atoms with Gasteiger partial charge in [-0.05, 0) is 48.1 Å². The van der Waals surface area contributed by atoms with Crippen LogP contribution in [0, 0.1) is 0 Å². The summed E-state index contributed by atoms with van der Waals surface area (Å²) in [5.41, 5.74) is 3.02. The average molecular weight is 475 g/mol. The van der Waals surface area contributed by atoms with E-state index in [1.807, 2.05) is 29.2 Å². The molecule has 1 saturated carbocycles. The third-order valence-corrected chi connectivity index (χ3v) is 7.05. The van der Waals surface area contributed by atoms with Crippen molar-refractivity contribution >= 4 is 17.5 Å². The molecule has 2 fully saturated rings. The Hall–Kier alpha value is -3.42. The lowest BCUT2D eigenvalue weighted by molar-refractivity contribution is 0.208. The van der Waals surface area contributed by atoms with Crippen molar-refractivity contribution < 1.29 is 9.32 Å². The summed E-state index contributed by atoms with van der Waals surface area (Å²) in [6, 6.07) is 12.0. The van der Waals surface area contributed by atoms with Gasteiger partial charge in [-0.2, -0.15) is 4.98 Å². The zero-order valence-electron chi connectivity index (χ0n) is 20.8. The number of hydrogen-bond acceptors (Lipinski definition) is 6. The molecule has 1 aromatic carbocycles. The molecule has 184 valence electrons. The standard InChI is InChI=1S/C27H34N6O2/c1-27(2,3)21-9-11-22(12-10-21)29-26(34)33-16-14-32(15-17-33)23-13-8-20(18-28-23)24-30-25(35-31-24)19-6-4-5-7-19/h8-13,18-19H,4-7,14-17H2,1-3H3,(H,29,34). The maximum atomic E-state index is 12.7. The van der Waals surface area contributed by atoms with Crippen molar-refractivity contribution in [2.24, 2.45) is 0 Å². The van der Waals surface area contributed by atoms with Crippen LogP contribution in [0.3, 0.4) is 0 Å². The van der Waals surface area contributed by atoms with Crippen molar-refractivity contribution in [3.63, 3.8) is 0 Å². The van der Waals surface area contributed by atoms with Gasteiger partial charge in [0, 0.05) is 49.5 Å². The largest absolute Gasteiger partial charge is 0.353 e. The van der Waals surface area contributed by atoms with Gasteiger partial charge in [0.25, 0.3) is 0 Å². The maximum absolute atomic E-state index is 12.7. The molecule has 0 spiro atoms. The van der Waals surface area contributed by atoms with Gasteiger partial charge in [0.15, 0.2) is 0 Å². The molecule has 1 saturated heterocycles. The first-order chi connectivity index (χ1) is 16.9. The molecule has 1 aliphatic heterocycles. The van der Waals surface area contributed by atoms with Crippen molar-refractivity contribution in [1.29, 1.82) is 0 Å². The number of carbonyl (C=O) groups excluding carboxylic acids is 1. The molecule has 3 aromatic rings. The Balaban J connectivity index is 1.14. The highest BCUT2D eigenvalue weighted by Gasteiger charge is 2.24. The highest BCUT2D eigenvalue weighted by Crippen LogP contribution is 2.34. The number of rotatable bonds is 4. The molecule has 0 bridgehead atoms. The van der Waals surface area contributed by atoms with Crippen LogP contribution in [-0.4, -0.2) is 52.2 Å². The Bertz CT molecular complexity index is 1140. The Labute approximate surface area is 206 Å². The molecule has 0 atom stereocenters. The first-order valence-corrected chi connectivity index (χ1v) is 12.6. The Morgan fingerprint density at radius 1 is 1.00 bits per heavy atom. The summed E-state index contributed by atoms with van der Waals surface area (Å²) in [6.07, 6.45) is 6.54. The zero-order valence-corrected chi connectivity index (χ0v) is 20.8. The quantitative estimate of drug-likeness (QED) is 0.542. The van der Waals surface area contributed by atoms with Crippen LogP contribution in [0.4, 0.5) is 16.3 Å². The molecule has 8 nitrogen and oxygen atoms in total. The summed E-state index contributed by atoms with van der Waals surface area (Å²) in [5, 5.41) is 7.19. The second-order valence-electron chi connectivity index (χ2n) is 10.6. The predicted octanol–water partition coefficient (Wildman–Crippen LogP) is 5.44. The van der Waals surface area contributed by atoms with E-state index in [-0.39, 0.29) is 11.4 Å². The number of benzene rings is 1. The molecule has 1 aliphatic carbocycles. The van der Waals surface area contributed by atoms with Gasteiger partial charge in [-0.25, -0.2) is 9.78 Å². The third kappa shape index (κ3) is 5.31. The number of hydrogen-bond donors (Lipinski definition) is 1. The number of piperazine rings is 1. The molecular formula is C27H34N6O2. The molecule has 0 unspecified atom stereocenters. The second-order valence-corrected chi connectivity index (χ2v) is 10.6. The summed E-state index contributed by atoms with van der Waals surface area (Å²) in [5.74, 6) is 2.65. The number of carbonyl (C=O) groups is 1. The number of pyridine rings is 1. The number of anilines is 2. The topological polar surface area (TPSA) is 87.4 Å². The minimum absolute atomic E-state index is 0.0633. The highest BCUT2D eigenvalue weighted by molar-refractivity contribution is 5.89. The first-order valence-electron chi connectivity index (χ1n) is 12.6. The van der Waals surface area contributed by atoms with Gasteiger partial charge in [0.2, 0.25) is 11.7 Å². The average Bonchev–Trinajstić information content (AvgIpc) is 3.56. The fourth-order valence-electron chi connectivity index (χ4n) is 4.79. The molecule has 5 rings (SSSR count). The van der Waals surface area contributed by atoms with Gasteiger partial charge in [0.1, 0.15) is 5.82 Å². The maximum Gasteiger partial charge on any atom is 0.321 e. The minimum Gasteiger partial charge on any atom is -0.353 e. The van der Waals surface area contributed by atoms with Gasteiger partial charge in [0.05, 0.1) is 0 Å². The Kier molecular flexibility index (Phi) is 6.45. The van der Waals surface area contributed by atoms with E-state index in [4.69, 9.17) is 4.52 Å². The lowest BCUT2D eigenvalue weighted by Gasteiger charge is -2.35. The number of urea groups is 1. The summed E-state index contributed by atoms with van der Waals surface area (Å²) >= 11 is 0. The summed E-state index contributed by atoms with van der Waals surface area (Å²) < 4.78 is 5.50. The molecule has 2 aliphatic rings. The summed E-state index contributed by atoms with van der Waals surface area (Å²) in [6.45, 7) is 9.30. The third-order valence-electron chi connectivity index (χ3n) is 7.05. The van der Waals surface area contributed by atoms with Crippen molar-refractivity contribution in [2.45, 2.75) is 57.8 Å². The van der Waals surface area contributed by atoms with E-state index in [2.05, 4.69) is 58.2 Å². The van der Waals surface area contributed by atoms with Gasteiger partial charge in [-0.15, -0.1) is 0 Å². The highest BCUT2D eigenvalue weighted by atomic mass is 16.5. The van der Waals surface area contributed by atoms with Crippen molar-refractivity contribution in [3.05, 3.63) is 54.0 Å². The lowest BCUT2D eigenvalue weighted by Crippen LogP contribution is -2.50. The van der Waals surface area contributed by atoms with Crippen LogP contribution in [0.5, 0.6) is 0 Å². The number of amides is 2. The van der Waals surface area contributed by atoms with E-state index >= 15 is 0 Å². The lowest BCUT2D eigenvalue weighted by atomic mass is 9.87. The molecule has 2 amide bonds. The van der Waals surface area contributed by atoms with Crippen LogP contribution in [0.25, 0.3) is 11.4 Å². The molecule has 8 heteroatoms. The van der Waals surface area contributed by atoms with Crippen molar-refractivity contribution in [3.8, 4) is 11.4 Å². The van der Waals surface area contributed by atoms with E-state index in [1.54, 1.807) is 6.20 Å². The smallest absolute Gasteiger partial charge is 0.321 e. The normalized spacial score (nSPS) is 17.1. The fraction of sp³-hybridized carbons (Fsp3) is 0.481. The van der Waals surface area contributed by atoms with E-state index in [1.165, 1.54) is 18.4 Å². The molecule has 2 aromatic heterocycles. The SMILES string of the molecule is CC(C)(C)c1ccc(NC(=O)N2CCN(c3ccc(-c4noc(C5CCCC5)n4)cn3)CC2)cc1. The van der Waals surface area contributed by atoms with Crippen LogP contribution in [0.1, 0.15) is 63.8 Å². The van der Waals surface area contributed by atoms with Crippen LogP contribution >= 0.6 is 0 Å². The van der Waals surface area contributed by atoms with Gasteiger partial charge < -0.3 is 19.6 Å². The molecule has 1 N–H and O–H groups in total. The Morgan fingerprint density at radius 3 is 2.34 bits per heavy atom. The monoisotopic (exact) mass is 474 g/mol. The summed E-state index contributed by atoms with van der Waals surface area (Å²) in [7, 11) is 0. The van der Waals surface area contributed by atoms with Crippen LogP contribution in [0.15, 0.2) is 47.1 Å². The van der Waals surface area contributed by atoms with E-state index in [9.17, 15) is 4.79 Å². The number of nitrogens with zero attached hydrogens (tertiary/aromatic N) is 5. The minimum atomic E-state index is -0.0633. The van der Waals surface area contributed by atoms with Crippen LogP contribution < -0.4 is 10.2 Å². The predicted molar refractivity (Wildman–Crippen MR) is 137 cm³/mol. The van der Waals surface area contributed by atoms with E-state index in [0.717, 1.165) is 48.9 Å². The van der Waals surface area contributed by atoms with E-state index in [0.29, 0.717) is 24.8 Å². The Morgan fingerprint density at radius 2 is 1.71 bits per heavy atom. The molecule has 35 heavy (non-hydrogen) atoms. The molecular weight excluding hydrogens is 440 g/mol.